The number of benzene rings is 1. The van der Waals surface area contributed by atoms with Gasteiger partial charge in [0.1, 0.15) is 5.82 Å². The molecule has 1 aromatic carbocycles. The van der Waals surface area contributed by atoms with Crippen molar-refractivity contribution < 1.29 is 27.7 Å². The molecular weight excluding hydrogens is 451 g/mol. The maximum atomic E-state index is 13.3. The molecule has 0 bridgehead atoms. The van der Waals surface area contributed by atoms with Crippen molar-refractivity contribution in [1.29, 1.82) is 0 Å². The van der Waals surface area contributed by atoms with E-state index >= 15 is 0 Å². The molecule has 2 amide bonds. The minimum Gasteiger partial charge on any atom is -0.615 e. The predicted molar refractivity (Wildman–Crippen MR) is 124 cm³/mol. The van der Waals surface area contributed by atoms with Gasteiger partial charge in [0.2, 0.25) is 0 Å². The lowest BCUT2D eigenvalue weighted by molar-refractivity contribution is -0.137. The highest BCUT2D eigenvalue weighted by Gasteiger charge is 2.64. The smallest absolute Gasteiger partial charge is 0.252 e. The van der Waals surface area contributed by atoms with Crippen molar-refractivity contribution in [3.63, 3.8) is 0 Å². The lowest BCUT2D eigenvalue weighted by atomic mass is 10.1. The molecule has 32 heavy (non-hydrogen) atoms. The summed E-state index contributed by atoms with van der Waals surface area (Å²) < 4.78 is 37.6. The van der Waals surface area contributed by atoms with Crippen LogP contribution < -0.4 is 5.32 Å². The lowest BCUT2D eigenvalue weighted by Crippen LogP contribution is -2.54. The molecule has 2 unspecified atom stereocenters. The molecule has 2 aliphatic rings. The Balaban J connectivity index is 1.74. The molecule has 1 aromatic rings. The Labute approximate surface area is 193 Å². The third kappa shape index (κ3) is 5.71. The minimum absolute atomic E-state index is 0.0126. The summed E-state index contributed by atoms with van der Waals surface area (Å²) in [4.78, 5) is 27.7. The zero-order valence-electron chi connectivity index (χ0n) is 19.4. The second-order valence-electron chi connectivity index (χ2n) is 9.80. The monoisotopic (exact) mass is 484 g/mol. The largest absolute Gasteiger partial charge is 0.615 e. The number of carbonyl (C=O) groups is 2. The molecular formula is C22H33FN2O5SSi. The van der Waals surface area contributed by atoms with Crippen LogP contribution in [0.5, 0.6) is 0 Å². The maximum absolute atomic E-state index is 13.3. The van der Waals surface area contributed by atoms with E-state index in [0.717, 1.165) is 0 Å². The van der Waals surface area contributed by atoms with Crippen LogP contribution in [0.25, 0.3) is 0 Å². The van der Waals surface area contributed by atoms with Crippen LogP contribution in [0.3, 0.4) is 0 Å². The number of hydrogen-bond acceptors (Lipinski definition) is 5. The Kier molecular flexibility index (Phi) is 7.71. The Hall–Kier alpha value is -1.46. The summed E-state index contributed by atoms with van der Waals surface area (Å²) in [5, 5.41) is 1.95. The van der Waals surface area contributed by atoms with Gasteiger partial charge in [-0.05, 0) is 53.6 Å². The van der Waals surface area contributed by atoms with Gasteiger partial charge in [-0.3, -0.25) is 9.59 Å². The molecule has 2 saturated heterocycles. The Bertz CT molecular complexity index is 827. The fraction of sp³-hybridized carbons (Fsp3) is 0.636. The standard InChI is InChI=1S/C22H33FN2O5SSi/c1-22(2,3)32(4,5)30-14-17-19(31(17)28)18(21(27)25-10-12-29-13-11-25)24-20(26)15-6-8-16(23)9-7-15/h6-9,17-19H,10-14H2,1-5H3,(H,24,26)/t17?,18-,19-,31?/m0/s1. The summed E-state index contributed by atoms with van der Waals surface area (Å²) in [6, 6.07) is 4.18. The van der Waals surface area contributed by atoms with Crippen LogP contribution >= 0.6 is 0 Å². The average molecular weight is 485 g/mol. The van der Waals surface area contributed by atoms with E-state index < -0.39 is 42.5 Å². The molecule has 10 heteroatoms. The molecule has 0 aliphatic carbocycles. The van der Waals surface area contributed by atoms with Gasteiger partial charge in [-0.25, -0.2) is 4.39 Å². The van der Waals surface area contributed by atoms with Gasteiger partial charge in [-0.1, -0.05) is 20.8 Å². The second-order valence-corrected chi connectivity index (χ2v) is 16.4. The van der Waals surface area contributed by atoms with Crippen LogP contribution in [0, 0.1) is 5.82 Å². The first-order valence-corrected chi connectivity index (χ1v) is 15.1. The van der Waals surface area contributed by atoms with Gasteiger partial charge in [-0.15, -0.1) is 0 Å². The summed E-state index contributed by atoms with van der Waals surface area (Å²) in [6.07, 6.45) is 0. The number of halogens is 1. The number of amides is 2. The van der Waals surface area contributed by atoms with Crippen molar-refractivity contribution >= 4 is 31.3 Å². The molecule has 2 fully saturated rings. The van der Waals surface area contributed by atoms with E-state index in [1.54, 1.807) is 4.90 Å². The number of morpholine rings is 1. The van der Waals surface area contributed by atoms with Crippen molar-refractivity contribution in [2.24, 2.45) is 0 Å². The van der Waals surface area contributed by atoms with Crippen molar-refractivity contribution in [2.75, 3.05) is 32.9 Å². The highest BCUT2D eigenvalue weighted by molar-refractivity contribution is 8.00. The molecule has 1 N–H and O–H groups in total. The van der Waals surface area contributed by atoms with E-state index in [-0.39, 0.29) is 21.8 Å². The van der Waals surface area contributed by atoms with Gasteiger partial charge in [0, 0.05) is 18.7 Å². The van der Waals surface area contributed by atoms with Crippen LogP contribution in [-0.2, 0) is 25.1 Å². The van der Waals surface area contributed by atoms with E-state index in [4.69, 9.17) is 9.16 Å². The molecule has 7 nitrogen and oxygen atoms in total. The van der Waals surface area contributed by atoms with Gasteiger partial charge in [-0.2, -0.15) is 0 Å². The Morgan fingerprint density at radius 2 is 1.88 bits per heavy atom. The third-order valence-corrected chi connectivity index (χ3v) is 12.9. The molecule has 4 atom stereocenters. The van der Waals surface area contributed by atoms with Crippen LogP contribution in [0.4, 0.5) is 4.39 Å². The molecule has 0 radical (unpaired) electrons. The molecule has 3 rings (SSSR count). The van der Waals surface area contributed by atoms with Gasteiger partial charge < -0.3 is 23.9 Å². The highest BCUT2D eigenvalue weighted by Crippen LogP contribution is 2.41. The van der Waals surface area contributed by atoms with Crippen LogP contribution in [0.2, 0.25) is 18.1 Å². The van der Waals surface area contributed by atoms with Crippen molar-refractivity contribution in [2.45, 2.75) is 55.4 Å². The van der Waals surface area contributed by atoms with Crippen molar-refractivity contribution in [3.05, 3.63) is 35.6 Å². The zero-order chi connectivity index (χ0) is 23.7. The van der Waals surface area contributed by atoms with E-state index in [1.807, 2.05) is 0 Å². The summed E-state index contributed by atoms with van der Waals surface area (Å²) in [5.74, 6) is -1.21. The summed E-state index contributed by atoms with van der Waals surface area (Å²) in [6.45, 7) is 12.6. The molecule has 2 heterocycles. The predicted octanol–water partition coefficient (Wildman–Crippen LogP) is 2.30. The molecule has 0 saturated carbocycles. The first kappa shape index (κ1) is 25.2. The molecule has 178 valence electrons. The number of nitrogens with one attached hydrogen (secondary N) is 1. The van der Waals surface area contributed by atoms with E-state index in [1.165, 1.54) is 24.3 Å². The number of rotatable bonds is 7. The summed E-state index contributed by atoms with van der Waals surface area (Å²) >= 11 is -1.29. The van der Waals surface area contributed by atoms with Gasteiger partial charge in [0.15, 0.2) is 24.9 Å². The lowest BCUT2D eigenvalue weighted by Gasteiger charge is -2.35. The fourth-order valence-electron chi connectivity index (χ4n) is 3.36. The quantitative estimate of drug-likeness (QED) is 0.364. The molecule has 2 aliphatic heterocycles. The minimum atomic E-state index is -2.04. The third-order valence-electron chi connectivity index (χ3n) is 6.58. The first-order valence-electron chi connectivity index (χ1n) is 10.9. The summed E-state index contributed by atoms with van der Waals surface area (Å²) in [5.41, 5.74) is 0.242. The van der Waals surface area contributed by atoms with E-state index in [0.29, 0.717) is 32.9 Å². The topological polar surface area (TPSA) is 90.9 Å². The van der Waals surface area contributed by atoms with Gasteiger partial charge in [0.25, 0.3) is 11.8 Å². The van der Waals surface area contributed by atoms with Crippen LogP contribution in [0.15, 0.2) is 24.3 Å². The maximum Gasteiger partial charge on any atom is 0.252 e. The van der Waals surface area contributed by atoms with E-state index in [9.17, 15) is 18.5 Å². The Morgan fingerprint density at radius 3 is 2.44 bits per heavy atom. The van der Waals surface area contributed by atoms with E-state index in [2.05, 4.69) is 39.2 Å². The Morgan fingerprint density at radius 1 is 1.28 bits per heavy atom. The first-order chi connectivity index (χ1) is 14.9. The highest BCUT2D eigenvalue weighted by atomic mass is 32.2. The van der Waals surface area contributed by atoms with Crippen molar-refractivity contribution in [3.8, 4) is 0 Å². The van der Waals surface area contributed by atoms with Crippen molar-refractivity contribution in [1.82, 2.24) is 10.2 Å². The van der Waals surface area contributed by atoms with Crippen LogP contribution in [-0.4, -0.2) is 79.0 Å². The number of ether oxygens (including phenoxy) is 1. The molecule has 0 spiro atoms. The number of carbonyl (C=O) groups excluding carboxylic acids is 2. The normalized spacial score (nSPS) is 24.7. The number of hydrogen-bond donors (Lipinski definition) is 1. The van der Waals surface area contributed by atoms with Crippen LogP contribution in [0.1, 0.15) is 31.1 Å². The molecule has 0 aromatic heterocycles. The van der Waals surface area contributed by atoms with Gasteiger partial charge >= 0.3 is 0 Å². The fourth-order valence-corrected chi connectivity index (χ4v) is 6.04. The van der Waals surface area contributed by atoms with Gasteiger partial charge in [0.05, 0.1) is 19.8 Å². The SMILES string of the molecule is CC(C)(C)[Si](C)(C)OCC1[C@@H]([C@H](NC(=O)c2ccc(F)cc2)C(=O)N2CCOCC2)[S+]1[O-]. The summed E-state index contributed by atoms with van der Waals surface area (Å²) in [7, 11) is -2.04. The number of nitrogens with zero attached hydrogens (tertiary/aromatic N) is 1. The second kappa shape index (κ2) is 9.80. The zero-order valence-corrected chi connectivity index (χ0v) is 21.2. The average Bonchev–Trinajstić information content (AvgIpc) is 3.39.